The summed E-state index contributed by atoms with van der Waals surface area (Å²) in [7, 11) is 1.53. The molecule has 0 radical (unpaired) electrons. The Balaban J connectivity index is 1.78. The molecule has 31 heavy (non-hydrogen) atoms. The number of carbonyl (C=O) groups excluding carboxylic acids is 1. The van der Waals surface area contributed by atoms with Crippen LogP contribution in [-0.2, 0) is 11.7 Å². The van der Waals surface area contributed by atoms with Gasteiger partial charge in [0.25, 0.3) is 5.91 Å². The van der Waals surface area contributed by atoms with Crippen molar-refractivity contribution in [3.05, 3.63) is 89.2 Å². The number of nitrogens with one attached hydrogen (secondary N) is 1. The zero-order valence-electron chi connectivity index (χ0n) is 16.6. The third-order valence-corrected chi connectivity index (χ3v) is 5.29. The maximum atomic E-state index is 13.1. The molecule has 0 unspecified atom stereocenters. The smallest absolute Gasteiger partial charge is 0.416 e. The van der Waals surface area contributed by atoms with Crippen LogP contribution in [0.1, 0.15) is 33.6 Å². The van der Waals surface area contributed by atoms with Crippen LogP contribution >= 0.6 is 0 Å². The molecule has 0 saturated carbocycles. The fourth-order valence-corrected chi connectivity index (χ4v) is 3.69. The van der Waals surface area contributed by atoms with E-state index in [1.165, 1.54) is 19.2 Å². The predicted octanol–water partition coefficient (Wildman–Crippen LogP) is 4.57. The molecule has 4 rings (SSSR count). The summed E-state index contributed by atoms with van der Waals surface area (Å²) in [5.74, 6) is 0.691. The second kappa shape index (κ2) is 7.94. The first-order valence-corrected chi connectivity index (χ1v) is 9.56. The van der Waals surface area contributed by atoms with Gasteiger partial charge in [0.15, 0.2) is 0 Å². The number of hydrogen-bond acceptors (Lipinski definition) is 4. The van der Waals surface area contributed by atoms with Gasteiger partial charge in [0, 0.05) is 18.2 Å². The monoisotopic (exact) mass is 428 g/mol. The Morgan fingerprint density at radius 1 is 1.10 bits per heavy atom. The van der Waals surface area contributed by atoms with Crippen LogP contribution in [-0.4, -0.2) is 24.6 Å². The highest BCUT2D eigenvalue weighted by molar-refractivity contribution is 5.95. The van der Waals surface area contributed by atoms with Crippen LogP contribution in [0.25, 0.3) is 0 Å². The minimum atomic E-state index is -4.45. The van der Waals surface area contributed by atoms with Crippen molar-refractivity contribution in [1.29, 1.82) is 0 Å². The number of benzene rings is 2. The molecular weight excluding hydrogens is 409 g/mol. The van der Waals surface area contributed by atoms with Crippen LogP contribution in [0.2, 0.25) is 0 Å². The second-order valence-corrected chi connectivity index (χ2v) is 7.11. The van der Waals surface area contributed by atoms with E-state index in [1.807, 2.05) is 0 Å². The van der Waals surface area contributed by atoms with Gasteiger partial charge in [0.2, 0.25) is 0 Å². The summed E-state index contributed by atoms with van der Waals surface area (Å²) in [5, 5.41) is 3.01. The normalized spacial score (nSPS) is 17.9. The molecular formula is C23H19F3N2O3. The highest BCUT2D eigenvalue weighted by Gasteiger charge is 2.43. The fraction of sp³-hybridized carbons (Fsp3) is 0.217. The third kappa shape index (κ3) is 3.93. The molecule has 0 saturated heterocycles. The number of ether oxygens (including phenoxy) is 2. The largest absolute Gasteiger partial charge is 0.497 e. The van der Waals surface area contributed by atoms with Crippen molar-refractivity contribution in [2.45, 2.75) is 18.1 Å². The van der Waals surface area contributed by atoms with Gasteiger partial charge in [-0.3, -0.25) is 9.78 Å². The van der Waals surface area contributed by atoms with Gasteiger partial charge in [-0.15, -0.1) is 0 Å². The van der Waals surface area contributed by atoms with Gasteiger partial charge < -0.3 is 14.8 Å². The molecule has 0 spiro atoms. The van der Waals surface area contributed by atoms with E-state index in [4.69, 9.17) is 9.47 Å². The van der Waals surface area contributed by atoms with Gasteiger partial charge in [-0.05, 0) is 54.1 Å². The lowest BCUT2D eigenvalue weighted by Gasteiger charge is -2.39. The number of alkyl halides is 3. The highest BCUT2D eigenvalue weighted by Crippen LogP contribution is 2.41. The van der Waals surface area contributed by atoms with Crippen LogP contribution in [0.4, 0.5) is 13.2 Å². The molecule has 0 aliphatic carbocycles. The minimum Gasteiger partial charge on any atom is -0.497 e. The maximum absolute atomic E-state index is 13.1. The number of methoxy groups -OCH3 is 1. The lowest BCUT2D eigenvalue weighted by molar-refractivity contribution is -0.137. The average Bonchev–Trinajstić information content (AvgIpc) is 2.79. The summed E-state index contributed by atoms with van der Waals surface area (Å²) in [5.41, 5.74) is -0.582. The summed E-state index contributed by atoms with van der Waals surface area (Å²) < 4.78 is 50.0. The first kappa shape index (κ1) is 20.7. The van der Waals surface area contributed by atoms with E-state index in [-0.39, 0.29) is 12.5 Å². The molecule has 8 heteroatoms. The standard InChI is InChI=1S/C23H19F3N2O3/c1-30-18-10-4-15(5-11-18)21(29)28-22(12-14-31-19-3-2-13-27-20(19)22)16-6-8-17(9-7-16)23(24,25)26/h2-11,13H,12,14H2,1H3,(H,28,29)/t22-/m0/s1. The van der Waals surface area contributed by atoms with Crippen molar-refractivity contribution in [2.75, 3.05) is 13.7 Å². The predicted molar refractivity (Wildman–Crippen MR) is 107 cm³/mol. The zero-order chi connectivity index (χ0) is 22.1. The van der Waals surface area contributed by atoms with Crippen LogP contribution < -0.4 is 14.8 Å². The van der Waals surface area contributed by atoms with Gasteiger partial charge in [-0.1, -0.05) is 12.1 Å². The molecule has 0 bridgehead atoms. The van der Waals surface area contributed by atoms with Crippen LogP contribution in [0.5, 0.6) is 11.5 Å². The van der Waals surface area contributed by atoms with Crippen molar-refractivity contribution in [2.24, 2.45) is 0 Å². The molecule has 1 N–H and O–H groups in total. The Hall–Kier alpha value is -3.55. The first-order valence-electron chi connectivity index (χ1n) is 9.56. The van der Waals surface area contributed by atoms with E-state index in [0.717, 1.165) is 12.1 Å². The number of halogens is 3. The molecule has 1 aliphatic rings. The number of amides is 1. The minimum absolute atomic E-state index is 0.266. The topological polar surface area (TPSA) is 60.5 Å². The number of pyridine rings is 1. The number of fused-ring (bicyclic) bond motifs is 1. The van der Waals surface area contributed by atoms with Gasteiger partial charge >= 0.3 is 6.18 Å². The Kier molecular flexibility index (Phi) is 5.31. The molecule has 2 aromatic carbocycles. The second-order valence-electron chi connectivity index (χ2n) is 7.11. The van der Waals surface area contributed by atoms with Crippen LogP contribution in [0.3, 0.4) is 0 Å². The lowest BCUT2D eigenvalue weighted by Crippen LogP contribution is -2.50. The van der Waals surface area contributed by atoms with Crippen molar-refractivity contribution < 1.29 is 27.4 Å². The third-order valence-electron chi connectivity index (χ3n) is 5.29. The molecule has 5 nitrogen and oxygen atoms in total. The van der Waals surface area contributed by atoms with Crippen LogP contribution in [0, 0.1) is 0 Å². The Labute approximate surface area is 176 Å². The maximum Gasteiger partial charge on any atom is 0.416 e. The van der Waals surface area contributed by atoms with Crippen molar-refractivity contribution in [1.82, 2.24) is 10.3 Å². The summed E-state index contributed by atoms with van der Waals surface area (Å²) in [4.78, 5) is 17.5. The molecule has 3 aromatic rings. The van der Waals surface area contributed by atoms with E-state index >= 15 is 0 Å². The first-order chi connectivity index (χ1) is 14.8. The van der Waals surface area contributed by atoms with Crippen LogP contribution in [0.15, 0.2) is 66.9 Å². The Morgan fingerprint density at radius 2 is 1.81 bits per heavy atom. The quantitative estimate of drug-likeness (QED) is 0.662. The summed E-state index contributed by atoms with van der Waals surface area (Å²) in [6, 6.07) is 14.8. The number of carbonyl (C=O) groups is 1. The molecule has 0 fully saturated rings. The number of nitrogens with zero attached hydrogens (tertiary/aromatic N) is 1. The number of rotatable bonds is 4. The number of hydrogen-bond donors (Lipinski definition) is 1. The van der Waals surface area contributed by atoms with Crippen molar-refractivity contribution in [3.8, 4) is 11.5 Å². The highest BCUT2D eigenvalue weighted by atomic mass is 19.4. The molecule has 1 aromatic heterocycles. The average molecular weight is 428 g/mol. The van der Waals surface area contributed by atoms with Crippen molar-refractivity contribution in [3.63, 3.8) is 0 Å². The van der Waals surface area contributed by atoms with Gasteiger partial charge in [-0.25, -0.2) is 0 Å². The molecule has 1 aliphatic heterocycles. The number of aromatic nitrogens is 1. The summed E-state index contributed by atoms with van der Waals surface area (Å²) in [6.45, 7) is 0.266. The fourth-order valence-electron chi connectivity index (χ4n) is 3.69. The Bertz CT molecular complexity index is 1080. The Morgan fingerprint density at radius 3 is 2.45 bits per heavy atom. The molecule has 1 amide bonds. The van der Waals surface area contributed by atoms with Gasteiger partial charge in [0.1, 0.15) is 22.7 Å². The molecule has 2 heterocycles. The summed E-state index contributed by atoms with van der Waals surface area (Å²) in [6.07, 6.45) is -2.58. The lowest BCUT2D eigenvalue weighted by atomic mass is 9.80. The molecule has 160 valence electrons. The van der Waals surface area contributed by atoms with Crippen molar-refractivity contribution >= 4 is 5.91 Å². The molecule has 1 atom stereocenters. The van der Waals surface area contributed by atoms with E-state index in [0.29, 0.717) is 34.7 Å². The van der Waals surface area contributed by atoms with E-state index in [2.05, 4.69) is 10.3 Å². The van der Waals surface area contributed by atoms with E-state index in [9.17, 15) is 18.0 Å². The van der Waals surface area contributed by atoms with Gasteiger partial charge in [-0.2, -0.15) is 13.2 Å². The van der Waals surface area contributed by atoms with E-state index < -0.39 is 17.3 Å². The van der Waals surface area contributed by atoms with Gasteiger partial charge in [0.05, 0.1) is 19.3 Å². The zero-order valence-corrected chi connectivity index (χ0v) is 16.6. The SMILES string of the molecule is COc1ccc(C(=O)N[C@]2(c3ccc(C(F)(F)F)cc3)CCOc3cccnc32)cc1. The van der Waals surface area contributed by atoms with E-state index in [1.54, 1.807) is 42.6 Å². The summed E-state index contributed by atoms with van der Waals surface area (Å²) >= 11 is 0.